The van der Waals surface area contributed by atoms with E-state index in [-0.39, 0.29) is 5.54 Å². The molecule has 3 heterocycles. The van der Waals surface area contributed by atoms with Gasteiger partial charge in [-0.3, -0.25) is 4.90 Å². The number of aromatic nitrogens is 3. The number of nitrogens with zero attached hydrogens (tertiary/aromatic N) is 5. The van der Waals surface area contributed by atoms with Crippen LogP contribution in [0.3, 0.4) is 0 Å². The molecule has 0 bridgehead atoms. The predicted octanol–water partition coefficient (Wildman–Crippen LogP) is 0.780. The van der Waals surface area contributed by atoms with E-state index in [9.17, 15) is 0 Å². The Morgan fingerprint density at radius 3 is 2.73 bits per heavy atom. The van der Waals surface area contributed by atoms with Crippen molar-refractivity contribution in [2.75, 3.05) is 39.4 Å². The van der Waals surface area contributed by atoms with Crippen LogP contribution in [0.1, 0.15) is 45.3 Å². The third kappa shape index (κ3) is 4.73. The van der Waals surface area contributed by atoms with Crippen molar-refractivity contribution in [1.29, 1.82) is 0 Å². The zero-order valence-corrected chi connectivity index (χ0v) is 16.4. The number of hydrogen-bond donors (Lipinski definition) is 2. The highest BCUT2D eigenvalue weighted by Crippen LogP contribution is 2.16. The molecule has 0 spiro atoms. The molecule has 0 aromatic carbocycles. The lowest BCUT2D eigenvalue weighted by molar-refractivity contribution is -0.00834. The summed E-state index contributed by atoms with van der Waals surface area (Å²) in [6.07, 6.45) is 3.44. The summed E-state index contributed by atoms with van der Waals surface area (Å²) >= 11 is 0. The van der Waals surface area contributed by atoms with Crippen LogP contribution in [0.2, 0.25) is 0 Å². The summed E-state index contributed by atoms with van der Waals surface area (Å²) in [5.41, 5.74) is 0.0496. The van der Waals surface area contributed by atoms with E-state index in [1.54, 1.807) is 0 Å². The number of ether oxygens (including phenoxy) is 1. The minimum Gasteiger partial charge on any atom is -0.379 e. The van der Waals surface area contributed by atoms with Crippen molar-refractivity contribution >= 4 is 5.96 Å². The summed E-state index contributed by atoms with van der Waals surface area (Å²) in [7, 11) is 0. The molecule has 1 aromatic rings. The van der Waals surface area contributed by atoms with E-state index in [2.05, 4.69) is 51.1 Å². The second kappa shape index (κ2) is 8.81. The zero-order valence-electron chi connectivity index (χ0n) is 16.4. The standard InChI is InChI=1S/C18H33N7O/c1-4-19-17(21-14-18(2,3)24-9-11-26-12-10-24)20-13-16-23-22-15-7-5-6-8-25(15)16/h4-14H2,1-3H3,(H2,19,20,21). The Hall–Kier alpha value is -1.67. The third-order valence-corrected chi connectivity index (χ3v) is 5.21. The van der Waals surface area contributed by atoms with Gasteiger partial charge in [0.15, 0.2) is 11.8 Å². The molecule has 1 aromatic heterocycles. The fraction of sp³-hybridized carbons (Fsp3) is 0.833. The maximum atomic E-state index is 5.47. The third-order valence-electron chi connectivity index (χ3n) is 5.21. The first kappa shape index (κ1) is 19.1. The monoisotopic (exact) mass is 363 g/mol. The SMILES string of the molecule is CCNC(=NCc1nnc2n1CCCC2)NCC(C)(C)N1CCOCC1. The lowest BCUT2D eigenvalue weighted by Gasteiger charge is -2.41. The number of hydrogen-bond acceptors (Lipinski definition) is 5. The Morgan fingerprint density at radius 2 is 1.96 bits per heavy atom. The summed E-state index contributed by atoms with van der Waals surface area (Å²) < 4.78 is 7.70. The Morgan fingerprint density at radius 1 is 1.15 bits per heavy atom. The van der Waals surface area contributed by atoms with Crippen LogP contribution in [0.25, 0.3) is 0 Å². The molecule has 26 heavy (non-hydrogen) atoms. The van der Waals surface area contributed by atoms with E-state index in [1.807, 2.05) is 0 Å². The number of aliphatic imine (C=N–C) groups is 1. The minimum absolute atomic E-state index is 0.0496. The highest BCUT2D eigenvalue weighted by molar-refractivity contribution is 5.79. The Kier molecular flexibility index (Phi) is 6.48. The fourth-order valence-electron chi connectivity index (χ4n) is 3.56. The van der Waals surface area contributed by atoms with Gasteiger partial charge in [-0.1, -0.05) is 0 Å². The topological polar surface area (TPSA) is 79.6 Å². The summed E-state index contributed by atoms with van der Waals surface area (Å²) in [5.74, 6) is 2.90. The van der Waals surface area contributed by atoms with Crippen LogP contribution >= 0.6 is 0 Å². The maximum absolute atomic E-state index is 5.47. The van der Waals surface area contributed by atoms with E-state index < -0.39 is 0 Å². The van der Waals surface area contributed by atoms with Crippen LogP contribution in [-0.2, 0) is 24.2 Å². The van der Waals surface area contributed by atoms with Crippen molar-refractivity contribution in [2.24, 2.45) is 4.99 Å². The normalized spacial score (nSPS) is 19.3. The lowest BCUT2D eigenvalue weighted by Crippen LogP contribution is -2.56. The number of rotatable bonds is 6. The molecule has 2 aliphatic rings. The van der Waals surface area contributed by atoms with Gasteiger partial charge < -0.3 is 19.9 Å². The Labute approximate surface area is 156 Å². The summed E-state index contributed by atoms with van der Waals surface area (Å²) in [6, 6.07) is 0. The number of morpholine rings is 1. The van der Waals surface area contributed by atoms with Crippen LogP contribution < -0.4 is 10.6 Å². The van der Waals surface area contributed by atoms with Crippen LogP contribution in [0.4, 0.5) is 0 Å². The second-order valence-electron chi connectivity index (χ2n) is 7.60. The molecule has 0 saturated carbocycles. The smallest absolute Gasteiger partial charge is 0.191 e. The van der Waals surface area contributed by atoms with Crippen molar-refractivity contribution < 1.29 is 4.74 Å². The molecule has 0 aliphatic carbocycles. The molecule has 1 fully saturated rings. The van der Waals surface area contributed by atoms with Gasteiger partial charge >= 0.3 is 0 Å². The van der Waals surface area contributed by atoms with Gasteiger partial charge in [-0.25, -0.2) is 4.99 Å². The summed E-state index contributed by atoms with van der Waals surface area (Å²) in [4.78, 5) is 7.21. The molecule has 0 unspecified atom stereocenters. The zero-order chi connectivity index (χ0) is 18.4. The number of nitrogens with one attached hydrogen (secondary N) is 2. The van der Waals surface area contributed by atoms with E-state index in [0.717, 1.165) is 70.0 Å². The van der Waals surface area contributed by atoms with Gasteiger partial charge in [-0.2, -0.15) is 0 Å². The van der Waals surface area contributed by atoms with E-state index in [4.69, 9.17) is 9.73 Å². The van der Waals surface area contributed by atoms with Crippen molar-refractivity contribution in [1.82, 2.24) is 30.3 Å². The van der Waals surface area contributed by atoms with E-state index in [1.165, 1.54) is 12.8 Å². The molecule has 2 aliphatic heterocycles. The molecular weight excluding hydrogens is 330 g/mol. The van der Waals surface area contributed by atoms with E-state index >= 15 is 0 Å². The van der Waals surface area contributed by atoms with Crippen molar-refractivity contribution in [3.63, 3.8) is 0 Å². The first-order valence-electron chi connectivity index (χ1n) is 9.86. The van der Waals surface area contributed by atoms with Crippen LogP contribution in [0, 0.1) is 0 Å². The molecule has 1 saturated heterocycles. The molecule has 8 heteroatoms. The number of fused-ring (bicyclic) bond motifs is 1. The molecule has 146 valence electrons. The van der Waals surface area contributed by atoms with Gasteiger partial charge in [0.05, 0.1) is 13.2 Å². The first-order chi connectivity index (χ1) is 12.6. The average Bonchev–Trinajstić information content (AvgIpc) is 3.08. The van der Waals surface area contributed by atoms with Crippen molar-refractivity contribution in [2.45, 2.75) is 58.7 Å². The highest BCUT2D eigenvalue weighted by atomic mass is 16.5. The minimum atomic E-state index is 0.0496. The first-order valence-corrected chi connectivity index (χ1v) is 9.86. The van der Waals surface area contributed by atoms with E-state index in [0.29, 0.717) is 6.54 Å². The summed E-state index contributed by atoms with van der Waals surface area (Å²) in [5, 5.41) is 15.5. The van der Waals surface area contributed by atoms with Gasteiger partial charge in [0.2, 0.25) is 0 Å². The molecule has 0 radical (unpaired) electrons. The highest BCUT2D eigenvalue weighted by Gasteiger charge is 2.28. The summed E-state index contributed by atoms with van der Waals surface area (Å²) in [6.45, 7) is 13.4. The largest absolute Gasteiger partial charge is 0.379 e. The fourth-order valence-corrected chi connectivity index (χ4v) is 3.56. The lowest BCUT2D eigenvalue weighted by atomic mass is 10.0. The van der Waals surface area contributed by atoms with Crippen molar-refractivity contribution in [3.05, 3.63) is 11.6 Å². The molecule has 0 atom stereocenters. The molecule has 0 amide bonds. The van der Waals surface area contributed by atoms with Gasteiger partial charge in [0.25, 0.3) is 0 Å². The predicted molar refractivity (Wildman–Crippen MR) is 102 cm³/mol. The van der Waals surface area contributed by atoms with Gasteiger partial charge in [0, 0.05) is 44.7 Å². The Bertz CT molecular complexity index is 605. The van der Waals surface area contributed by atoms with Gasteiger partial charge in [-0.05, 0) is 33.6 Å². The average molecular weight is 364 g/mol. The van der Waals surface area contributed by atoms with Crippen LogP contribution in [0.5, 0.6) is 0 Å². The van der Waals surface area contributed by atoms with Crippen LogP contribution in [-0.4, -0.2) is 70.6 Å². The number of guanidine groups is 1. The van der Waals surface area contributed by atoms with Crippen molar-refractivity contribution in [3.8, 4) is 0 Å². The Balaban J connectivity index is 1.59. The molecule has 2 N–H and O–H groups in total. The molecular formula is C18H33N7O. The molecule has 8 nitrogen and oxygen atoms in total. The maximum Gasteiger partial charge on any atom is 0.191 e. The van der Waals surface area contributed by atoms with Gasteiger partial charge in [-0.15, -0.1) is 10.2 Å². The van der Waals surface area contributed by atoms with Crippen LogP contribution in [0.15, 0.2) is 4.99 Å². The number of aryl methyl sites for hydroxylation is 1. The second-order valence-corrected chi connectivity index (χ2v) is 7.60. The van der Waals surface area contributed by atoms with Gasteiger partial charge in [0.1, 0.15) is 12.4 Å². The molecule has 3 rings (SSSR count). The quantitative estimate of drug-likeness (QED) is 0.574.